The smallest absolute Gasteiger partial charge is 0.417 e. The molecule has 0 radical (unpaired) electrons. The lowest BCUT2D eigenvalue weighted by molar-refractivity contribution is -0.143. The van der Waals surface area contributed by atoms with Gasteiger partial charge in [-0.15, -0.1) is 0 Å². The molecule has 2 fully saturated rings. The third kappa shape index (κ3) is 3.82. The number of nitrogens with zero attached hydrogens (tertiary/aromatic N) is 3. The summed E-state index contributed by atoms with van der Waals surface area (Å²) in [6.45, 7) is 7.09. The second kappa shape index (κ2) is 7.60. The summed E-state index contributed by atoms with van der Waals surface area (Å²) in [5.74, 6) is -0.109. The molecule has 2 aliphatic heterocycles. The summed E-state index contributed by atoms with van der Waals surface area (Å²) in [6.07, 6.45) is -3.24. The van der Waals surface area contributed by atoms with Crippen LogP contribution in [0.1, 0.15) is 50.4 Å². The predicted octanol–water partition coefficient (Wildman–Crippen LogP) is 3.13. The van der Waals surface area contributed by atoms with Crippen LogP contribution in [0.2, 0.25) is 0 Å². The van der Waals surface area contributed by atoms with Gasteiger partial charge in [0.25, 0.3) is 0 Å². The maximum Gasteiger partial charge on any atom is 0.417 e. The van der Waals surface area contributed by atoms with Gasteiger partial charge in [0.1, 0.15) is 0 Å². The van der Waals surface area contributed by atoms with Crippen LogP contribution < -0.4 is 5.32 Å². The highest BCUT2D eigenvalue weighted by Crippen LogP contribution is 2.50. The first-order valence-electron chi connectivity index (χ1n) is 10.9. The molecule has 0 spiro atoms. The van der Waals surface area contributed by atoms with E-state index in [2.05, 4.69) is 10.3 Å². The van der Waals surface area contributed by atoms with E-state index in [9.17, 15) is 27.9 Å². The van der Waals surface area contributed by atoms with Crippen molar-refractivity contribution in [3.63, 3.8) is 0 Å². The average molecular weight is 454 g/mol. The second-order valence-electron chi connectivity index (χ2n) is 10.2. The minimum atomic E-state index is -4.49. The molecule has 2 N–H and O–H groups in total. The molecule has 0 bridgehead atoms. The van der Waals surface area contributed by atoms with E-state index in [-0.39, 0.29) is 24.4 Å². The van der Waals surface area contributed by atoms with Crippen LogP contribution in [-0.4, -0.2) is 63.1 Å². The van der Waals surface area contributed by atoms with Crippen molar-refractivity contribution in [2.75, 3.05) is 19.6 Å². The maximum absolute atomic E-state index is 13.8. The van der Waals surface area contributed by atoms with Crippen molar-refractivity contribution in [1.82, 2.24) is 20.1 Å². The van der Waals surface area contributed by atoms with Gasteiger partial charge in [-0.3, -0.25) is 9.78 Å². The fourth-order valence-electron chi connectivity index (χ4n) is 5.78. The minimum absolute atomic E-state index is 0.00904. The zero-order chi connectivity index (χ0) is 23.5. The number of rotatable bonds is 2. The molecule has 32 heavy (non-hydrogen) atoms. The lowest BCUT2D eigenvalue weighted by Gasteiger charge is -2.40. The highest BCUT2D eigenvalue weighted by atomic mass is 19.4. The monoisotopic (exact) mass is 454 g/mol. The first-order chi connectivity index (χ1) is 14.8. The third-order valence-corrected chi connectivity index (χ3v) is 7.14. The SMILES string of the molecule is CC(C)(C)N(C(=O)O)[C@@H]1C[C@H]2CNC[C@@]2(C(=O)N2CCc3ncc(C(F)(F)F)cc3C2)C1. The fraction of sp³-hybridized carbons (Fsp3) is 0.682. The van der Waals surface area contributed by atoms with Crippen LogP contribution >= 0.6 is 0 Å². The van der Waals surface area contributed by atoms with Gasteiger partial charge in [-0.2, -0.15) is 13.2 Å². The number of hydrogen-bond acceptors (Lipinski definition) is 4. The Labute approximate surface area is 185 Å². The van der Waals surface area contributed by atoms with Gasteiger partial charge in [-0.25, -0.2) is 4.79 Å². The molecule has 3 aliphatic rings. The molecular weight excluding hydrogens is 425 g/mol. The summed E-state index contributed by atoms with van der Waals surface area (Å²) in [7, 11) is 0. The van der Waals surface area contributed by atoms with Gasteiger partial charge in [0.15, 0.2) is 0 Å². The lowest BCUT2D eigenvalue weighted by Crippen LogP contribution is -2.52. The normalized spacial score (nSPS) is 27.8. The number of carbonyl (C=O) groups excluding carboxylic acids is 1. The summed E-state index contributed by atoms with van der Waals surface area (Å²) in [6, 6.07) is 0.812. The summed E-state index contributed by atoms with van der Waals surface area (Å²) < 4.78 is 39.4. The van der Waals surface area contributed by atoms with E-state index in [4.69, 9.17) is 0 Å². The van der Waals surface area contributed by atoms with E-state index in [0.29, 0.717) is 50.2 Å². The molecule has 176 valence electrons. The number of alkyl halides is 3. The van der Waals surface area contributed by atoms with Crippen molar-refractivity contribution in [2.24, 2.45) is 11.3 Å². The molecule has 1 saturated carbocycles. The van der Waals surface area contributed by atoms with Gasteiger partial charge in [0.05, 0.1) is 11.0 Å². The van der Waals surface area contributed by atoms with Crippen molar-refractivity contribution in [2.45, 2.75) is 64.3 Å². The number of fused-ring (bicyclic) bond motifs is 2. The molecule has 1 aliphatic carbocycles. The predicted molar refractivity (Wildman–Crippen MR) is 110 cm³/mol. The number of carboxylic acid groups (broad SMARTS) is 1. The minimum Gasteiger partial charge on any atom is -0.465 e. The fourth-order valence-corrected chi connectivity index (χ4v) is 5.78. The van der Waals surface area contributed by atoms with Gasteiger partial charge in [0, 0.05) is 49.5 Å². The quantitative estimate of drug-likeness (QED) is 0.717. The van der Waals surface area contributed by atoms with E-state index in [1.165, 1.54) is 4.90 Å². The van der Waals surface area contributed by atoms with Gasteiger partial charge >= 0.3 is 12.3 Å². The van der Waals surface area contributed by atoms with Gasteiger partial charge in [-0.1, -0.05) is 0 Å². The van der Waals surface area contributed by atoms with Crippen LogP contribution in [0.3, 0.4) is 0 Å². The summed E-state index contributed by atoms with van der Waals surface area (Å²) in [4.78, 5) is 32.8. The molecule has 2 amide bonds. The van der Waals surface area contributed by atoms with Crippen molar-refractivity contribution >= 4 is 12.0 Å². The number of amides is 2. The molecule has 10 heteroatoms. The Balaban J connectivity index is 1.58. The summed E-state index contributed by atoms with van der Waals surface area (Å²) in [5.41, 5.74) is -1.14. The topological polar surface area (TPSA) is 85.8 Å². The van der Waals surface area contributed by atoms with Crippen LogP contribution in [-0.2, 0) is 23.9 Å². The van der Waals surface area contributed by atoms with E-state index >= 15 is 0 Å². The number of carbonyl (C=O) groups is 2. The first-order valence-corrected chi connectivity index (χ1v) is 10.9. The molecule has 3 heterocycles. The van der Waals surface area contributed by atoms with Gasteiger partial charge in [0.2, 0.25) is 5.91 Å². The van der Waals surface area contributed by atoms with Crippen LogP contribution in [0.5, 0.6) is 0 Å². The molecule has 7 nitrogen and oxygen atoms in total. The molecule has 0 unspecified atom stereocenters. The van der Waals surface area contributed by atoms with E-state index in [1.807, 2.05) is 20.8 Å². The standard InChI is InChI=1S/C22H29F3N4O3/c1-20(2,3)29(19(31)32)16-7-14-9-26-12-21(14,8-16)18(30)28-5-4-17-13(11-28)6-15(10-27-17)22(23,24)25/h6,10,14,16,26H,4-5,7-9,11-12H2,1-3H3,(H,31,32)/t14-,16+,21-/m0/s1. The van der Waals surface area contributed by atoms with Crippen LogP contribution in [0.15, 0.2) is 12.3 Å². The van der Waals surface area contributed by atoms with Gasteiger partial charge < -0.3 is 20.2 Å². The number of hydrogen-bond donors (Lipinski definition) is 2. The summed E-state index contributed by atoms with van der Waals surface area (Å²) in [5, 5.41) is 13.1. The number of halogens is 3. The Kier molecular flexibility index (Phi) is 5.42. The highest BCUT2D eigenvalue weighted by molar-refractivity contribution is 5.85. The number of nitrogens with one attached hydrogen (secondary N) is 1. The molecule has 1 saturated heterocycles. The molecule has 3 atom stereocenters. The van der Waals surface area contributed by atoms with E-state index in [1.54, 1.807) is 4.90 Å². The Morgan fingerprint density at radius 2 is 2.03 bits per heavy atom. The van der Waals surface area contributed by atoms with Crippen molar-refractivity contribution in [1.29, 1.82) is 0 Å². The third-order valence-electron chi connectivity index (χ3n) is 7.14. The van der Waals surface area contributed by atoms with Crippen molar-refractivity contribution < 1.29 is 27.9 Å². The Bertz CT molecular complexity index is 930. The number of aromatic nitrogens is 1. The molecule has 1 aromatic rings. The zero-order valence-electron chi connectivity index (χ0n) is 18.5. The maximum atomic E-state index is 13.8. The Morgan fingerprint density at radius 1 is 1.31 bits per heavy atom. The van der Waals surface area contributed by atoms with Gasteiger partial charge in [-0.05, 0) is 57.7 Å². The number of pyridine rings is 1. The molecular formula is C22H29F3N4O3. The highest BCUT2D eigenvalue weighted by Gasteiger charge is 2.58. The molecule has 1 aromatic heterocycles. The van der Waals surface area contributed by atoms with Crippen LogP contribution in [0.25, 0.3) is 0 Å². The van der Waals surface area contributed by atoms with Crippen molar-refractivity contribution in [3.05, 3.63) is 29.1 Å². The first kappa shape index (κ1) is 22.8. The van der Waals surface area contributed by atoms with Crippen LogP contribution in [0.4, 0.5) is 18.0 Å². The second-order valence-corrected chi connectivity index (χ2v) is 10.2. The molecule has 4 rings (SSSR count). The Morgan fingerprint density at radius 3 is 2.66 bits per heavy atom. The molecule has 0 aromatic carbocycles. The zero-order valence-corrected chi connectivity index (χ0v) is 18.5. The largest absolute Gasteiger partial charge is 0.465 e. The lowest BCUT2D eigenvalue weighted by atomic mass is 9.78. The Hall–Kier alpha value is -2.36. The van der Waals surface area contributed by atoms with E-state index < -0.39 is 28.8 Å². The van der Waals surface area contributed by atoms with E-state index in [0.717, 1.165) is 12.3 Å². The average Bonchev–Trinajstić information content (AvgIpc) is 3.22. The van der Waals surface area contributed by atoms with Crippen molar-refractivity contribution in [3.8, 4) is 0 Å². The summed E-state index contributed by atoms with van der Waals surface area (Å²) >= 11 is 0. The van der Waals surface area contributed by atoms with Crippen LogP contribution in [0, 0.1) is 11.3 Å².